The van der Waals surface area contributed by atoms with Crippen molar-refractivity contribution in [1.29, 1.82) is 0 Å². The normalized spacial score (nSPS) is 15.0. The summed E-state index contributed by atoms with van der Waals surface area (Å²) in [6, 6.07) is 46.7. The third kappa shape index (κ3) is 15.0. The Morgan fingerprint density at radius 3 is 1.14 bits per heavy atom. The van der Waals surface area contributed by atoms with Gasteiger partial charge in [0.05, 0.1) is 47.6 Å². The van der Waals surface area contributed by atoms with Gasteiger partial charge in [0.25, 0.3) is 0 Å². The van der Waals surface area contributed by atoms with E-state index in [-0.39, 0.29) is 68.2 Å². The Hall–Kier alpha value is -7.42. The van der Waals surface area contributed by atoms with Crippen molar-refractivity contribution in [3.63, 3.8) is 0 Å². The van der Waals surface area contributed by atoms with Crippen molar-refractivity contribution < 1.29 is 27.7 Å². The van der Waals surface area contributed by atoms with Crippen molar-refractivity contribution in [2.75, 3.05) is 19.8 Å². The summed E-state index contributed by atoms with van der Waals surface area (Å²) in [4.78, 5) is 0. The zero-order chi connectivity index (χ0) is 70.5. The van der Waals surface area contributed by atoms with E-state index in [0.29, 0.717) is 47.8 Å². The van der Waals surface area contributed by atoms with Gasteiger partial charge >= 0.3 is 0 Å². The van der Waals surface area contributed by atoms with Gasteiger partial charge in [-0.25, -0.2) is 8.78 Å². The average molecular weight is 1310 g/mol. The number of halogens is 2. The fourth-order valence-electron chi connectivity index (χ4n) is 15.4. The first-order valence-electron chi connectivity index (χ1n) is 35.7. The monoisotopic (exact) mass is 1310 g/mol. The molecule has 0 N–H and O–H groups in total. The molecule has 1 aliphatic heterocycles. The molecule has 1 saturated heterocycles. The topological polar surface area (TPSA) is 46.8 Å². The van der Waals surface area contributed by atoms with Gasteiger partial charge in [0.1, 0.15) is 23.1 Å². The lowest BCUT2D eigenvalue weighted by Crippen LogP contribution is -2.27. The molecule has 8 aromatic carbocycles. The van der Waals surface area contributed by atoms with Crippen LogP contribution in [0.4, 0.5) is 8.78 Å². The Kier molecular flexibility index (Phi) is 18.8. The number of nitrogens with zero attached hydrogens (tertiary/aromatic N) is 2. The van der Waals surface area contributed by atoms with Crippen LogP contribution in [0.2, 0.25) is 0 Å². The summed E-state index contributed by atoms with van der Waals surface area (Å²) in [6.07, 6.45) is 4.37. The second-order valence-corrected chi connectivity index (χ2v) is 36.1. The van der Waals surface area contributed by atoms with Crippen LogP contribution >= 0.6 is 0 Å². The Morgan fingerprint density at radius 1 is 0.402 bits per heavy atom. The molecule has 1 aliphatic rings. The van der Waals surface area contributed by atoms with E-state index in [1.165, 1.54) is 50.7 Å². The van der Waals surface area contributed by atoms with Crippen LogP contribution in [-0.2, 0) is 37.2 Å². The Bertz CT molecular complexity index is 4460. The van der Waals surface area contributed by atoms with Crippen LogP contribution in [0.15, 0.2) is 133 Å². The lowest BCUT2D eigenvalue weighted by molar-refractivity contribution is -0.105. The first-order chi connectivity index (χ1) is 45.1. The highest BCUT2D eigenvalue weighted by molar-refractivity contribution is 6.11. The molecule has 3 heterocycles. The van der Waals surface area contributed by atoms with Crippen molar-refractivity contribution in [2.24, 2.45) is 10.8 Å². The second kappa shape index (κ2) is 25.7. The van der Waals surface area contributed by atoms with E-state index in [2.05, 4.69) is 265 Å². The Morgan fingerprint density at radius 2 is 0.773 bits per heavy atom. The zero-order valence-corrected chi connectivity index (χ0v) is 62.9. The zero-order valence-electron chi connectivity index (χ0n) is 62.9. The van der Waals surface area contributed by atoms with Crippen molar-refractivity contribution in [2.45, 2.75) is 237 Å². The van der Waals surface area contributed by atoms with Crippen LogP contribution < -0.4 is 14.2 Å². The van der Waals surface area contributed by atoms with Gasteiger partial charge in [0.15, 0.2) is 12.0 Å². The standard InChI is InChI=1S/C89H110F2N2O4/c1-55-68(43-60(88(20,21)53-82(2,3)4)49-72(55)92-73-45-56(84(8,9)10)28-34-64(73)65-35-29-57(46-74(65)92)85(11,12)13)69-51-62(90)32-38-78(69)94-41-26-42-95-79-39-33-63(91)52-70(79)71-44-61(89(22,23)54-83(5,6)7)50-77(81(71)97-80-27-24-25-40-96-80)93-75-47-58(86(14,15)16)30-36-66(75)67-37-31-59(48-76(67)93)87(17,18)19/h28-39,43-52,80H,24-27,40-42,53-54H2,1-23H3. The quantitative estimate of drug-likeness (QED) is 0.0905. The molecule has 0 radical (unpaired) electrons. The van der Waals surface area contributed by atoms with Gasteiger partial charge in [-0.3, -0.25) is 0 Å². The fraction of sp³-hybridized carbons (Fsp3) is 0.461. The van der Waals surface area contributed by atoms with Crippen LogP contribution in [0, 0.1) is 29.4 Å². The van der Waals surface area contributed by atoms with Crippen LogP contribution in [0.25, 0.3) is 77.2 Å². The Balaban J connectivity index is 1.02. The molecule has 97 heavy (non-hydrogen) atoms. The average Bonchev–Trinajstić information content (AvgIpc) is 1.54. The van der Waals surface area contributed by atoms with E-state index in [4.69, 9.17) is 18.9 Å². The smallest absolute Gasteiger partial charge is 0.199 e. The van der Waals surface area contributed by atoms with Gasteiger partial charge in [0.2, 0.25) is 0 Å². The molecule has 1 atom stereocenters. The fourth-order valence-corrected chi connectivity index (χ4v) is 15.4. The summed E-state index contributed by atoms with van der Waals surface area (Å²) in [5.74, 6) is 0.987. The maximum atomic E-state index is 16.5. The summed E-state index contributed by atoms with van der Waals surface area (Å²) in [7, 11) is 0. The summed E-state index contributed by atoms with van der Waals surface area (Å²) < 4.78 is 65.3. The number of hydrogen-bond donors (Lipinski definition) is 0. The van der Waals surface area contributed by atoms with Gasteiger partial charge in [-0.2, -0.15) is 0 Å². The van der Waals surface area contributed by atoms with Gasteiger partial charge in [0, 0.05) is 56.8 Å². The number of hydrogen-bond acceptors (Lipinski definition) is 4. The van der Waals surface area contributed by atoms with Gasteiger partial charge < -0.3 is 28.1 Å². The van der Waals surface area contributed by atoms with E-state index in [1.807, 2.05) is 0 Å². The maximum absolute atomic E-state index is 16.5. The Labute approximate surface area is 579 Å². The molecule has 0 saturated carbocycles. The highest BCUT2D eigenvalue weighted by Gasteiger charge is 2.35. The minimum atomic E-state index is -0.528. The van der Waals surface area contributed by atoms with Crippen LogP contribution in [0.1, 0.15) is 230 Å². The lowest BCUT2D eigenvalue weighted by Gasteiger charge is -2.35. The molecule has 11 rings (SSSR count). The number of rotatable bonds is 16. The minimum absolute atomic E-state index is 0.0194. The molecule has 1 unspecified atom stereocenters. The molecule has 10 aromatic rings. The third-order valence-electron chi connectivity index (χ3n) is 20.1. The summed E-state index contributed by atoms with van der Waals surface area (Å²) in [5.41, 5.74) is 16.4. The highest BCUT2D eigenvalue weighted by atomic mass is 19.1. The molecular weight excluding hydrogens is 1200 g/mol. The number of aromatic nitrogens is 2. The van der Waals surface area contributed by atoms with E-state index >= 15 is 8.78 Å². The molecule has 514 valence electrons. The summed E-state index contributed by atoms with van der Waals surface area (Å²) in [6.45, 7) is 53.7. The van der Waals surface area contributed by atoms with Crippen LogP contribution in [0.5, 0.6) is 17.2 Å². The van der Waals surface area contributed by atoms with E-state index < -0.39 is 6.29 Å². The highest BCUT2D eigenvalue weighted by Crippen LogP contribution is 2.51. The van der Waals surface area contributed by atoms with E-state index in [0.717, 1.165) is 92.2 Å². The van der Waals surface area contributed by atoms with E-state index in [9.17, 15) is 0 Å². The van der Waals surface area contributed by atoms with Crippen molar-refractivity contribution in [1.82, 2.24) is 9.13 Å². The molecule has 6 nitrogen and oxygen atoms in total. The van der Waals surface area contributed by atoms with Crippen LogP contribution in [-0.4, -0.2) is 35.2 Å². The summed E-state index contributed by atoms with van der Waals surface area (Å²) in [5, 5.41) is 4.68. The van der Waals surface area contributed by atoms with Crippen molar-refractivity contribution in [3.05, 3.63) is 184 Å². The lowest BCUT2D eigenvalue weighted by atomic mass is 9.71. The first-order valence-corrected chi connectivity index (χ1v) is 35.7. The summed E-state index contributed by atoms with van der Waals surface area (Å²) >= 11 is 0. The van der Waals surface area contributed by atoms with Crippen LogP contribution in [0.3, 0.4) is 0 Å². The molecule has 0 bridgehead atoms. The predicted octanol–water partition coefficient (Wildman–Crippen LogP) is 25.2. The van der Waals surface area contributed by atoms with Crippen molar-refractivity contribution in [3.8, 4) is 50.9 Å². The molecule has 1 fully saturated rings. The molecule has 0 amide bonds. The largest absolute Gasteiger partial charge is 0.493 e. The van der Waals surface area contributed by atoms with Crippen molar-refractivity contribution >= 4 is 43.6 Å². The SMILES string of the molecule is Cc1c(-c2cc(F)ccc2OCCCOc2ccc(F)cc2-c2cc(C(C)(C)CC(C)(C)C)cc(-n3c4cc(C(C)(C)C)ccc4c4ccc(C(C)(C)C)cc43)c2OC2CCCCO2)cc(C(C)(C)CC(C)(C)C)cc1-n1c2cc(C(C)(C)C)ccc2c2ccc(C(C)(C)C)cc21. The van der Waals surface area contributed by atoms with Gasteiger partial charge in [-0.1, -0.05) is 207 Å². The van der Waals surface area contributed by atoms with E-state index in [1.54, 1.807) is 24.3 Å². The first kappa shape index (κ1) is 70.9. The number of ether oxygens (including phenoxy) is 4. The predicted molar refractivity (Wildman–Crippen MR) is 406 cm³/mol. The minimum Gasteiger partial charge on any atom is -0.493 e. The molecule has 0 spiro atoms. The third-order valence-corrected chi connectivity index (χ3v) is 20.1. The van der Waals surface area contributed by atoms with Gasteiger partial charge in [-0.15, -0.1) is 0 Å². The molecular formula is C89H110F2N2O4. The molecule has 2 aromatic heterocycles. The number of benzene rings is 8. The van der Waals surface area contributed by atoms with Gasteiger partial charge in [-0.05, 0) is 199 Å². The molecule has 0 aliphatic carbocycles. The molecule has 8 heteroatoms. The second-order valence-electron chi connectivity index (χ2n) is 36.1. The maximum Gasteiger partial charge on any atom is 0.199 e. The number of fused-ring (bicyclic) bond motifs is 6.